The zero-order chi connectivity index (χ0) is 19.9. The predicted octanol–water partition coefficient (Wildman–Crippen LogP) is 3.77. The summed E-state index contributed by atoms with van der Waals surface area (Å²) >= 11 is 0. The smallest absolute Gasteiger partial charge is 0.338 e. The summed E-state index contributed by atoms with van der Waals surface area (Å²) in [6, 6.07) is 15.4. The Morgan fingerprint density at radius 3 is 2.18 bits per heavy atom. The van der Waals surface area contributed by atoms with E-state index >= 15 is 0 Å². The molecule has 1 aliphatic carbocycles. The molecule has 0 bridgehead atoms. The molecule has 0 saturated heterocycles. The molecule has 0 unspecified atom stereocenters. The van der Waals surface area contributed by atoms with Crippen LogP contribution >= 0.6 is 0 Å². The number of ether oxygens (including phenoxy) is 1. The molecule has 0 radical (unpaired) electrons. The predicted molar refractivity (Wildman–Crippen MR) is 106 cm³/mol. The number of benzene rings is 2. The Labute approximate surface area is 165 Å². The molecule has 0 spiro atoms. The molecule has 1 saturated carbocycles. The highest BCUT2D eigenvalue weighted by Crippen LogP contribution is 2.23. The Bertz CT molecular complexity index is 829. The summed E-state index contributed by atoms with van der Waals surface area (Å²) in [6.07, 6.45) is 4.39. The fourth-order valence-corrected chi connectivity index (χ4v) is 3.51. The van der Waals surface area contributed by atoms with Crippen LogP contribution in [-0.2, 0) is 9.53 Å². The summed E-state index contributed by atoms with van der Waals surface area (Å²) in [7, 11) is 0. The second kappa shape index (κ2) is 9.31. The van der Waals surface area contributed by atoms with Crippen molar-refractivity contribution in [1.29, 1.82) is 0 Å². The molecule has 3 rings (SSSR count). The van der Waals surface area contributed by atoms with E-state index in [0.29, 0.717) is 22.6 Å². The minimum absolute atomic E-state index is 0.110. The molecular weight excluding hydrogens is 354 g/mol. The lowest BCUT2D eigenvalue weighted by Crippen LogP contribution is -2.42. The molecule has 5 heteroatoms. The van der Waals surface area contributed by atoms with Crippen LogP contribution in [0.2, 0.25) is 0 Å². The highest BCUT2D eigenvalue weighted by molar-refractivity contribution is 6.09. The maximum absolute atomic E-state index is 12.4. The van der Waals surface area contributed by atoms with Gasteiger partial charge in [0, 0.05) is 17.2 Å². The molecule has 0 heterocycles. The Balaban J connectivity index is 1.52. The van der Waals surface area contributed by atoms with Gasteiger partial charge in [0.15, 0.2) is 12.4 Å². The molecule has 146 valence electrons. The quantitative estimate of drug-likeness (QED) is 0.613. The van der Waals surface area contributed by atoms with Gasteiger partial charge in [0.1, 0.15) is 0 Å². The van der Waals surface area contributed by atoms with Crippen LogP contribution in [-0.4, -0.2) is 30.3 Å². The van der Waals surface area contributed by atoms with Gasteiger partial charge in [0.05, 0.1) is 5.56 Å². The largest absolute Gasteiger partial charge is 0.452 e. The standard InChI is InChI=1S/C23H25NO4/c1-16-7-5-6-10-20(16)24-21(25)15-28-23(27)19-13-11-18(12-14-19)22(26)17-8-3-2-4-9-17/h2-4,8-9,11-14,16,20H,5-7,10,15H2,1H3,(H,24,25)/t16-,20-/m0/s1. The van der Waals surface area contributed by atoms with Crippen LogP contribution in [0.25, 0.3) is 0 Å². The van der Waals surface area contributed by atoms with Crippen LogP contribution in [0.5, 0.6) is 0 Å². The first-order valence-electron chi connectivity index (χ1n) is 9.71. The van der Waals surface area contributed by atoms with E-state index in [0.717, 1.165) is 19.3 Å². The number of amides is 1. The van der Waals surface area contributed by atoms with Crippen LogP contribution in [0.4, 0.5) is 0 Å². The van der Waals surface area contributed by atoms with Gasteiger partial charge in [0.25, 0.3) is 5.91 Å². The van der Waals surface area contributed by atoms with E-state index < -0.39 is 5.97 Å². The SMILES string of the molecule is C[C@H]1CCCC[C@@H]1NC(=O)COC(=O)c1ccc(C(=O)c2ccccc2)cc1. The zero-order valence-electron chi connectivity index (χ0n) is 16.0. The highest BCUT2D eigenvalue weighted by Gasteiger charge is 2.23. The number of rotatable bonds is 6. The number of hydrogen-bond donors (Lipinski definition) is 1. The molecule has 1 N–H and O–H groups in total. The number of carbonyl (C=O) groups is 3. The minimum atomic E-state index is -0.578. The summed E-state index contributed by atoms with van der Waals surface area (Å²) in [4.78, 5) is 36.6. The van der Waals surface area contributed by atoms with E-state index in [1.807, 2.05) is 6.07 Å². The van der Waals surface area contributed by atoms with Crippen molar-refractivity contribution in [2.24, 2.45) is 5.92 Å². The van der Waals surface area contributed by atoms with Crippen LogP contribution in [0, 0.1) is 5.92 Å². The van der Waals surface area contributed by atoms with Crippen molar-refractivity contribution in [3.63, 3.8) is 0 Å². The second-order valence-corrected chi connectivity index (χ2v) is 7.28. The molecule has 0 aliphatic heterocycles. The molecule has 0 aromatic heterocycles. The summed E-state index contributed by atoms with van der Waals surface area (Å²) in [6.45, 7) is 1.83. The molecule has 1 fully saturated rings. The van der Waals surface area contributed by atoms with Gasteiger partial charge < -0.3 is 10.1 Å². The van der Waals surface area contributed by atoms with Gasteiger partial charge in [-0.25, -0.2) is 4.79 Å². The first-order chi connectivity index (χ1) is 13.5. The molecule has 5 nitrogen and oxygen atoms in total. The van der Waals surface area contributed by atoms with Gasteiger partial charge in [-0.05, 0) is 30.9 Å². The molecule has 2 aromatic rings. The zero-order valence-corrected chi connectivity index (χ0v) is 16.0. The van der Waals surface area contributed by atoms with Crippen molar-refractivity contribution in [2.45, 2.75) is 38.6 Å². The van der Waals surface area contributed by atoms with Crippen molar-refractivity contribution in [2.75, 3.05) is 6.61 Å². The fraction of sp³-hybridized carbons (Fsp3) is 0.348. The van der Waals surface area contributed by atoms with Gasteiger partial charge in [-0.2, -0.15) is 0 Å². The molecule has 1 amide bonds. The second-order valence-electron chi connectivity index (χ2n) is 7.28. The van der Waals surface area contributed by atoms with E-state index in [-0.39, 0.29) is 24.3 Å². The first kappa shape index (κ1) is 19.8. The topological polar surface area (TPSA) is 72.5 Å². The van der Waals surface area contributed by atoms with E-state index in [1.54, 1.807) is 48.5 Å². The minimum Gasteiger partial charge on any atom is -0.452 e. The number of nitrogens with one attached hydrogen (secondary N) is 1. The van der Waals surface area contributed by atoms with Crippen LogP contribution in [0.15, 0.2) is 54.6 Å². The number of hydrogen-bond acceptors (Lipinski definition) is 4. The summed E-state index contributed by atoms with van der Waals surface area (Å²) in [5.41, 5.74) is 1.39. The summed E-state index contributed by atoms with van der Waals surface area (Å²) in [5.74, 6) is -0.516. The van der Waals surface area contributed by atoms with Crippen LogP contribution in [0.1, 0.15) is 58.9 Å². The van der Waals surface area contributed by atoms with E-state index in [2.05, 4.69) is 12.2 Å². The lowest BCUT2D eigenvalue weighted by Gasteiger charge is -2.29. The Kier molecular flexibility index (Phi) is 6.58. The molecular formula is C23H25NO4. The van der Waals surface area contributed by atoms with E-state index in [1.165, 1.54) is 6.42 Å². The van der Waals surface area contributed by atoms with Crippen molar-refractivity contribution in [3.8, 4) is 0 Å². The Hall–Kier alpha value is -2.95. The van der Waals surface area contributed by atoms with E-state index in [4.69, 9.17) is 4.74 Å². The lowest BCUT2D eigenvalue weighted by atomic mass is 9.86. The maximum Gasteiger partial charge on any atom is 0.338 e. The van der Waals surface area contributed by atoms with Crippen LogP contribution in [0.3, 0.4) is 0 Å². The Morgan fingerprint density at radius 2 is 1.50 bits per heavy atom. The molecule has 2 atom stereocenters. The van der Waals surface area contributed by atoms with Crippen LogP contribution < -0.4 is 5.32 Å². The van der Waals surface area contributed by atoms with Crippen molar-refractivity contribution >= 4 is 17.7 Å². The van der Waals surface area contributed by atoms with Crippen molar-refractivity contribution < 1.29 is 19.1 Å². The van der Waals surface area contributed by atoms with Gasteiger partial charge >= 0.3 is 5.97 Å². The van der Waals surface area contributed by atoms with Gasteiger partial charge in [-0.3, -0.25) is 9.59 Å². The number of ketones is 1. The molecule has 1 aliphatic rings. The van der Waals surface area contributed by atoms with E-state index in [9.17, 15) is 14.4 Å². The third-order valence-corrected chi connectivity index (χ3v) is 5.21. The normalized spacial score (nSPS) is 18.9. The molecule has 2 aromatic carbocycles. The third-order valence-electron chi connectivity index (χ3n) is 5.21. The average Bonchev–Trinajstić information content (AvgIpc) is 2.74. The van der Waals surface area contributed by atoms with Crippen molar-refractivity contribution in [1.82, 2.24) is 5.32 Å². The first-order valence-corrected chi connectivity index (χ1v) is 9.71. The average molecular weight is 379 g/mol. The Morgan fingerprint density at radius 1 is 0.893 bits per heavy atom. The summed E-state index contributed by atoms with van der Waals surface area (Å²) in [5, 5.41) is 2.96. The maximum atomic E-state index is 12.4. The van der Waals surface area contributed by atoms with Gasteiger partial charge in [-0.1, -0.05) is 62.2 Å². The number of esters is 1. The van der Waals surface area contributed by atoms with Gasteiger partial charge in [0.2, 0.25) is 0 Å². The van der Waals surface area contributed by atoms with Gasteiger partial charge in [-0.15, -0.1) is 0 Å². The number of carbonyl (C=O) groups excluding carboxylic acids is 3. The lowest BCUT2D eigenvalue weighted by molar-refractivity contribution is -0.125. The monoisotopic (exact) mass is 379 g/mol. The van der Waals surface area contributed by atoms with Crippen molar-refractivity contribution in [3.05, 3.63) is 71.3 Å². The molecule has 28 heavy (non-hydrogen) atoms. The third kappa shape index (κ3) is 5.06. The fourth-order valence-electron chi connectivity index (χ4n) is 3.51. The highest BCUT2D eigenvalue weighted by atomic mass is 16.5. The summed E-state index contributed by atoms with van der Waals surface area (Å²) < 4.78 is 5.12.